The summed E-state index contributed by atoms with van der Waals surface area (Å²) < 4.78 is 0. The lowest BCUT2D eigenvalue weighted by molar-refractivity contribution is 0.239. The van der Waals surface area contributed by atoms with Gasteiger partial charge in [-0.05, 0) is 24.3 Å². The Balaban J connectivity index is 2.23. The Labute approximate surface area is 110 Å². The van der Waals surface area contributed by atoms with Crippen LogP contribution in [0.25, 0.3) is 0 Å². The predicted octanol–water partition coefficient (Wildman–Crippen LogP) is 2.40. The van der Waals surface area contributed by atoms with Crippen molar-refractivity contribution in [2.75, 3.05) is 5.73 Å². The van der Waals surface area contributed by atoms with Gasteiger partial charge in [0.25, 0.3) is 0 Å². The molecule has 0 bridgehead atoms. The molecule has 0 aliphatic rings. The first kappa shape index (κ1) is 12.4. The largest absolute Gasteiger partial charge is 0.383 e. The standard InChI is InChI=1S/C14H11ClN2O/c15-11-4-1-3-10(9-11)6-7-13(18)12-5-2-8-17-14(12)16/h1-5,8-9,13,18H,(H2,16,17). The minimum atomic E-state index is -0.960. The average Bonchev–Trinajstić information content (AvgIpc) is 2.37. The second-order valence-electron chi connectivity index (χ2n) is 3.66. The number of anilines is 1. The Kier molecular flexibility index (Phi) is 3.83. The fraction of sp³-hybridized carbons (Fsp3) is 0.0714. The lowest BCUT2D eigenvalue weighted by Gasteiger charge is -2.05. The van der Waals surface area contributed by atoms with Gasteiger partial charge in [0, 0.05) is 22.3 Å². The molecule has 0 saturated heterocycles. The van der Waals surface area contributed by atoms with Gasteiger partial charge in [-0.15, -0.1) is 0 Å². The van der Waals surface area contributed by atoms with E-state index in [2.05, 4.69) is 16.8 Å². The molecule has 0 saturated carbocycles. The average molecular weight is 259 g/mol. The minimum Gasteiger partial charge on any atom is -0.383 e. The summed E-state index contributed by atoms with van der Waals surface area (Å²) in [5.41, 5.74) is 6.90. The van der Waals surface area contributed by atoms with Gasteiger partial charge in [-0.3, -0.25) is 0 Å². The molecule has 0 amide bonds. The van der Waals surface area contributed by atoms with Crippen LogP contribution in [0.3, 0.4) is 0 Å². The monoisotopic (exact) mass is 258 g/mol. The lowest BCUT2D eigenvalue weighted by Crippen LogP contribution is -2.01. The third kappa shape index (κ3) is 3.01. The number of hydrogen-bond acceptors (Lipinski definition) is 3. The summed E-state index contributed by atoms with van der Waals surface area (Å²) in [6.07, 6.45) is 0.605. The van der Waals surface area contributed by atoms with Crippen molar-refractivity contribution in [3.63, 3.8) is 0 Å². The molecule has 18 heavy (non-hydrogen) atoms. The molecule has 0 fully saturated rings. The summed E-state index contributed by atoms with van der Waals surface area (Å²) in [5, 5.41) is 10.5. The molecule has 3 N–H and O–H groups in total. The molecule has 2 rings (SSSR count). The van der Waals surface area contributed by atoms with Crippen LogP contribution in [0.4, 0.5) is 5.82 Å². The molecule has 90 valence electrons. The Morgan fingerprint density at radius 3 is 2.83 bits per heavy atom. The van der Waals surface area contributed by atoms with Crippen molar-refractivity contribution in [2.45, 2.75) is 6.10 Å². The van der Waals surface area contributed by atoms with Crippen molar-refractivity contribution < 1.29 is 5.11 Å². The molecule has 1 atom stereocenters. The minimum absolute atomic E-state index is 0.283. The number of nitrogens with two attached hydrogens (primary N) is 1. The zero-order valence-corrected chi connectivity index (χ0v) is 10.2. The van der Waals surface area contributed by atoms with E-state index in [1.54, 1.807) is 36.5 Å². The Morgan fingerprint density at radius 1 is 1.28 bits per heavy atom. The number of hydrogen-bond donors (Lipinski definition) is 2. The van der Waals surface area contributed by atoms with Crippen molar-refractivity contribution in [2.24, 2.45) is 0 Å². The van der Waals surface area contributed by atoms with Gasteiger partial charge in [0.15, 0.2) is 0 Å². The van der Waals surface area contributed by atoms with Crippen LogP contribution in [0.1, 0.15) is 17.2 Å². The molecule has 0 radical (unpaired) electrons. The van der Waals surface area contributed by atoms with Crippen LogP contribution >= 0.6 is 11.6 Å². The molecule has 0 spiro atoms. The number of aromatic nitrogens is 1. The Bertz CT molecular complexity index is 616. The third-order valence-electron chi connectivity index (χ3n) is 2.34. The topological polar surface area (TPSA) is 59.1 Å². The van der Waals surface area contributed by atoms with Gasteiger partial charge in [0.1, 0.15) is 11.9 Å². The first-order valence-corrected chi connectivity index (χ1v) is 5.70. The second-order valence-corrected chi connectivity index (χ2v) is 4.10. The molecule has 1 aromatic carbocycles. The quantitative estimate of drug-likeness (QED) is 0.773. The van der Waals surface area contributed by atoms with Crippen LogP contribution < -0.4 is 5.73 Å². The van der Waals surface area contributed by atoms with Crippen molar-refractivity contribution >= 4 is 17.4 Å². The van der Waals surface area contributed by atoms with E-state index in [4.69, 9.17) is 17.3 Å². The first-order valence-electron chi connectivity index (χ1n) is 5.32. The van der Waals surface area contributed by atoms with E-state index in [0.717, 1.165) is 5.56 Å². The van der Waals surface area contributed by atoms with Crippen LogP contribution in [0.15, 0.2) is 42.6 Å². The highest BCUT2D eigenvalue weighted by molar-refractivity contribution is 6.30. The SMILES string of the molecule is Nc1ncccc1C(O)C#Cc1cccc(Cl)c1. The first-order chi connectivity index (χ1) is 8.66. The van der Waals surface area contributed by atoms with Gasteiger partial charge in [-0.1, -0.05) is 35.6 Å². The highest BCUT2D eigenvalue weighted by Crippen LogP contribution is 2.17. The van der Waals surface area contributed by atoms with E-state index in [1.807, 2.05) is 6.07 Å². The number of rotatable bonds is 1. The smallest absolute Gasteiger partial charge is 0.144 e. The van der Waals surface area contributed by atoms with Crippen molar-refractivity contribution in [1.82, 2.24) is 4.98 Å². The summed E-state index contributed by atoms with van der Waals surface area (Å²) >= 11 is 5.84. The van der Waals surface area contributed by atoms with Crippen LogP contribution in [0, 0.1) is 11.8 Å². The number of halogens is 1. The third-order valence-corrected chi connectivity index (χ3v) is 2.58. The summed E-state index contributed by atoms with van der Waals surface area (Å²) in [6, 6.07) is 10.5. The van der Waals surface area contributed by atoms with E-state index in [0.29, 0.717) is 10.6 Å². The molecule has 2 aromatic rings. The fourth-order valence-electron chi connectivity index (χ4n) is 1.46. The number of pyridine rings is 1. The van der Waals surface area contributed by atoms with Crippen LogP contribution in [0.5, 0.6) is 0 Å². The van der Waals surface area contributed by atoms with Gasteiger partial charge in [0.05, 0.1) is 0 Å². The van der Waals surface area contributed by atoms with Crippen LogP contribution in [-0.2, 0) is 0 Å². The molecule has 0 aliphatic carbocycles. The maximum absolute atomic E-state index is 9.91. The molecule has 1 aromatic heterocycles. The van der Waals surface area contributed by atoms with Gasteiger partial charge in [0.2, 0.25) is 0 Å². The number of nitrogen functional groups attached to an aromatic ring is 1. The molecular weight excluding hydrogens is 248 g/mol. The molecule has 4 heteroatoms. The van der Waals surface area contributed by atoms with Crippen molar-refractivity contribution in [3.8, 4) is 11.8 Å². The van der Waals surface area contributed by atoms with Crippen LogP contribution in [-0.4, -0.2) is 10.1 Å². The second kappa shape index (κ2) is 5.54. The number of benzene rings is 1. The van der Waals surface area contributed by atoms with Crippen LogP contribution in [0.2, 0.25) is 5.02 Å². The molecule has 1 heterocycles. The van der Waals surface area contributed by atoms with Gasteiger partial charge in [-0.25, -0.2) is 4.98 Å². The van der Waals surface area contributed by atoms with E-state index in [1.165, 1.54) is 0 Å². The molecule has 3 nitrogen and oxygen atoms in total. The lowest BCUT2D eigenvalue weighted by atomic mass is 10.1. The summed E-state index contributed by atoms with van der Waals surface area (Å²) in [5.74, 6) is 5.84. The zero-order chi connectivity index (χ0) is 13.0. The van der Waals surface area contributed by atoms with E-state index in [-0.39, 0.29) is 5.82 Å². The maximum Gasteiger partial charge on any atom is 0.144 e. The van der Waals surface area contributed by atoms with E-state index < -0.39 is 6.10 Å². The highest BCUT2D eigenvalue weighted by Gasteiger charge is 2.07. The predicted molar refractivity (Wildman–Crippen MR) is 71.9 cm³/mol. The summed E-state index contributed by atoms with van der Waals surface area (Å²) in [7, 11) is 0. The Morgan fingerprint density at radius 2 is 2.11 bits per heavy atom. The molecular formula is C14H11ClN2O. The fourth-order valence-corrected chi connectivity index (χ4v) is 1.65. The van der Waals surface area contributed by atoms with E-state index in [9.17, 15) is 5.11 Å². The summed E-state index contributed by atoms with van der Waals surface area (Å²) in [4.78, 5) is 3.90. The normalized spacial score (nSPS) is 11.4. The number of aliphatic hydroxyl groups excluding tert-OH is 1. The summed E-state index contributed by atoms with van der Waals surface area (Å²) in [6.45, 7) is 0. The molecule has 1 unspecified atom stereocenters. The maximum atomic E-state index is 9.91. The zero-order valence-electron chi connectivity index (χ0n) is 9.47. The van der Waals surface area contributed by atoms with Gasteiger partial charge >= 0.3 is 0 Å². The molecule has 0 aliphatic heterocycles. The van der Waals surface area contributed by atoms with Crippen molar-refractivity contribution in [1.29, 1.82) is 0 Å². The van der Waals surface area contributed by atoms with E-state index >= 15 is 0 Å². The highest BCUT2D eigenvalue weighted by atomic mass is 35.5. The Hall–Kier alpha value is -2.02. The van der Waals surface area contributed by atoms with Gasteiger partial charge < -0.3 is 10.8 Å². The number of nitrogens with zero attached hydrogens (tertiary/aromatic N) is 1. The van der Waals surface area contributed by atoms with Crippen molar-refractivity contribution in [3.05, 3.63) is 58.7 Å². The van der Waals surface area contributed by atoms with Gasteiger partial charge in [-0.2, -0.15) is 0 Å². The number of aliphatic hydroxyl groups is 1.